The number of rotatable bonds is 19. The molecule has 5 amide bonds. The van der Waals surface area contributed by atoms with Crippen molar-refractivity contribution in [2.75, 3.05) is 26.7 Å². The summed E-state index contributed by atoms with van der Waals surface area (Å²) in [6.45, 7) is 5.42. The SMILES string of the molecule is CC(=O)NC(CC(=O)O)C(=O)NC(CC(=O)O)C(=O)NC(CC(=O)O)C(=O)NCCCOC(=O)N(C)CCC(C)C. The molecule has 41 heavy (non-hydrogen) atoms. The van der Waals surface area contributed by atoms with Crippen LogP contribution in [0.4, 0.5) is 4.79 Å². The Kier molecular flexibility index (Phi) is 16.7. The largest absolute Gasteiger partial charge is 0.481 e. The van der Waals surface area contributed by atoms with Gasteiger partial charge in [-0.15, -0.1) is 0 Å². The van der Waals surface area contributed by atoms with E-state index in [0.717, 1.165) is 13.3 Å². The molecule has 0 aromatic heterocycles. The summed E-state index contributed by atoms with van der Waals surface area (Å²) in [6, 6.07) is -5.17. The Hall–Kier alpha value is -4.44. The number of carboxylic acid groups (broad SMARTS) is 3. The third kappa shape index (κ3) is 17.0. The van der Waals surface area contributed by atoms with Crippen LogP contribution >= 0.6 is 0 Å². The van der Waals surface area contributed by atoms with E-state index in [1.54, 1.807) is 7.05 Å². The molecule has 7 N–H and O–H groups in total. The maximum absolute atomic E-state index is 12.8. The van der Waals surface area contributed by atoms with E-state index >= 15 is 0 Å². The minimum absolute atomic E-state index is 0.0559. The van der Waals surface area contributed by atoms with Crippen LogP contribution in [0.15, 0.2) is 0 Å². The zero-order valence-electron chi connectivity index (χ0n) is 23.4. The lowest BCUT2D eigenvalue weighted by molar-refractivity contribution is -0.144. The molecule has 0 bridgehead atoms. The second-order valence-corrected chi connectivity index (χ2v) is 9.53. The van der Waals surface area contributed by atoms with Crippen LogP contribution in [0.1, 0.15) is 52.9 Å². The van der Waals surface area contributed by atoms with Crippen molar-refractivity contribution in [3.05, 3.63) is 0 Å². The van der Waals surface area contributed by atoms with E-state index in [0.29, 0.717) is 12.5 Å². The summed E-state index contributed by atoms with van der Waals surface area (Å²) in [6.07, 6.45) is -2.38. The fraction of sp³-hybridized carbons (Fsp3) is 0.667. The van der Waals surface area contributed by atoms with Gasteiger partial charge in [0.2, 0.25) is 23.6 Å². The molecular formula is C24H39N5O12. The van der Waals surface area contributed by atoms with Gasteiger partial charge >= 0.3 is 24.0 Å². The van der Waals surface area contributed by atoms with Gasteiger partial charge < -0.3 is 46.2 Å². The number of nitrogens with zero attached hydrogens (tertiary/aromatic N) is 1. The molecule has 0 fully saturated rings. The molecule has 0 spiro atoms. The van der Waals surface area contributed by atoms with Gasteiger partial charge in [-0.3, -0.25) is 33.6 Å². The Morgan fingerprint density at radius 1 is 0.732 bits per heavy atom. The lowest BCUT2D eigenvalue weighted by Crippen LogP contribution is -2.57. The van der Waals surface area contributed by atoms with Crippen molar-refractivity contribution in [2.24, 2.45) is 5.92 Å². The summed E-state index contributed by atoms with van der Waals surface area (Å²) >= 11 is 0. The standard InChI is InChI=1S/C24H39N5O12/c1-13(2)6-8-29(4)24(40)41-9-5-7-25-21(37)15(10-18(31)32)27-23(39)17(12-20(35)36)28-22(38)16(11-19(33)34)26-14(3)30/h13,15-17H,5-12H2,1-4H3,(H,25,37)(H,26,30)(H,27,39)(H,28,38)(H,31,32)(H,33,34)(H,35,36). The average molecular weight is 590 g/mol. The molecule has 0 saturated heterocycles. The van der Waals surface area contributed by atoms with Gasteiger partial charge in [0.15, 0.2) is 0 Å². The normalized spacial score (nSPS) is 12.7. The van der Waals surface area contributed by atoms with Crippen molar-refractivity contribution in [3.63, 3.8) is 0 Å². The molecule has 0 saturated carbocycles. The number of aliphatic carboxylic acids is 3. The van der Waals surface area contributed by atoms with Crippen LogP contribution in [0.25, 0.3) is 0 Å². The van der Waals surface area contributed by atoms with Crippen LogP contribution in [0.5, 0.6) is 0 Å². The number of nitrogens with one attached hydrogen (secondary N) is 4. The van der Waals surface area contributed by atoms with Crippen LogP contribution in [-0.2, 0) is 38.3 Å². The van der Waals surface area contributed by atoms with E-state index < -0.39 is 85.0 Å². The predicted molar refractivity (Wildman–Crippen MR) is 139 cm³/mol. The summed E-state index contributed by atoms with van der Waals surface area (Å²) in [7, 11) is 1.58. The topological polar surface area (TPSA) is 258 Å². The maximum atomic E-state index is 12.8. The summed E-state index contributed by atoms with van der Waals surface area (Å²) < 4.78 is 5.09. The monoisotopic (exact) mass is 589 g/mol. The number of amides is 5. The van der Waals surface area contributed by atoms with Crippen LogP contribution in [0, 0.1) is 5.92 Å². The van der Waals surface area contributed by atoms with Crippen molar-refractivity contribution in [2.45, 2.75) is 71.0 Å². The molecule has 17 nitrogen and oxygen atoms in total. The van der Waals surface area contributed by atoms with E-state index in [2.05, 4.69) is 16.0 Å². The number of carbonyl (C=O) groups is 8. The van der Waals surface area contributed by atoms with Crippen molar-refractivity contribution >= 4 is 47.6 Å². The average Bonchev–Trinajstić information content (AvgIpc) is 2.84. The summed E-state index contributed by atoms with van der Waals surface area (Å²) in [5, 5.41) is 35.8. The summed E-state index contributed by atoms with van der Waals surface area (Å²) in [4.78, 5) is 96.1. The van der Waals surface area contributed by atoms with Crippen LogP contribution < -0.4 is 21.3 Å². The van der Waals surface area contributed by atoms with E-state index in [4.69, 9.17) is 20.1 Å². The van der Waals surface area contributed by atoms with Crippen LogP contribution in [0.2, 0.25) is 0 Å². The molecule has 0 radical (unpaired) electrons. The molecule has 0 heterocycles. The minimum Gasteiger partial charge on any atom is -0.481 e. The van der Waals surface area contributed by atoms with Gasteiger partial charge in [-0.1, -0.05) is 13.8 Å². The first-order valence-electron chi connectivity index (χ1n) is 12.7. The zero-order chi connectivity index (χ0) is 31.7. The van der Waals surface area contributed by atoms with Gasteiger partial charge in [0, 0.05) is 27.1 Å². The summed E-state index contributed by atoms with van der Waals surface area (Å²) in [5.41, 5.74) is 0. The molecule has 3 unspecified atom stereocenters. The minimum atomic E-state index is -1.85. The third-order valence-electron chi connectivity index (χ3n) is 5.30. The van der Waals surface area contributed by atoms with Gasteiger partial charge in [-0.05, 0) is 18.8 Å². The fourth-order valence-corrected chi connectivity index (χ4v) is 3.16. The van der Waals surface area contributed by atoms with Gasteiger partial charge in [0.1, 0.15) is 18.1 Å². The lowest BCUT2D eigenvalue weighted by atomic mass is 10.1. The summed E-state index contributed by atoms with van der Waals surface area (Å²) in [5.74, 6) is -8.24. The Morgan fingerprint density at radius 2 is 1.17 bits per heavy atom. The molecule has 3 atom stereocenters. The zero-order valence-corrected chi connectivity index (χ0v) is 23.4. The number of hydrogen-bond acceptors (Lipinski definition) is 9. The number of hydrogen-bond donors (Lipinski definition) is 7. The highest BCUT2D eigenvalue weighted by molar-refractivity contribution is 5.97. The molecule has 17 heteroatoms. The van der Waals surface area contributed by atoms with Crippen LogP contribution in [-0.4, -0.2) is 113 Å². The quantitative estimate of drug-likeness (QED) is 0.0850. The van der Waals surface area contributed by atoms with Gasteiger partial charge in [0.05, 0.1) is 25.9 Å². The van der Waals surface area contributed by atoms with E-state index in [-0.39, 0.29) is 19.6 Å². The Balaban J connectivity index is 5.20. The Morgan fingerprint density at radius 3 is 1.59 bits per heavy atom. The Bertz CT molecular complexity index is 955. The molecule has 0 aliphatic carbocycles. The molecule has 0 aromatic carbocycles. The van der Waals surface area contributed by atoms with E-state index in [1.165, 1.54) is 4.90 Å². The third-order valence-corrected chi connectivity index (χ3v) is 5.30. The van der Waals surface area contributed by atoms with Gasteiger partial charge in [0.25, 0.3) is 0 Å². The molecule has 232 valence electrons. The molecular weight excluding hydrogens is 550 g/mol. The highest BCUT2D eigenvalue weighted by atomic mass is 16.6. The first kappa shape index (κ1) is 36.6. The molecule has 0 aliphatic heterocycles. The van der Waals surface area contributed by atoms with Crippen LogP contribution in [0.3, 0.4) is 0 Å². The van der Waals surface area contributed by atoms with Gasteiger partial charge in [-0.2, -0.15) is 0 Å². The fourth-order valence-electron chi connectivity index (χ4n) is 3.16. The smallest absolute Gasteiger partial charge is 0.409 e. The first-order chi connectivity index (χ1) is 19.0. The molecule has 0 aliphatic rings. The highest BCUT2D eigenvalue weighted by Crippen LogP contribution is 2.03. The molecule has 0 rings (SSSR count). The Labute approximate surface area is 236 Å². The van der Waals surface area contributed by atoms with Gasteiger partial charge in [-0.25, -0.2) is 4.79 Å². The van der Waals surface area contributed by atoms with E-state index in [9.17, 15) is 38.4 Å². The lowest BCUT2D eigenvalue weighted by Gasteiger charge is -2.23. The second kappa shape index (κ2) is 18.8. The highest BCUT2D eigenvalue weighted by Gasteiger charge is 2.32. The first-order valence-corrected chi connectivity index (χ1v) is 12.7. The number of carbonyl (C=O) groups excluding carboxylic acids is 5. The van der Waals surface area contributed by atoms with Crippen molar-refractivity contribution in [3.8, 4) is 0 Å². The predicted octanol–water partition coefficient (Wildman–Crippen LogP) is -1.49. The van der Waals surface area contributed by atoms with Crippen molar-refractivity contribution in [1.29, 1.82) is 0 Å². The molecule has 0 aromatic rings. The maximum Gasteiger partial charge on any atom is 0.409 e. The van der Waals surface area contributed by atoms with Crippen molar-refractivity contribution in [1.82, 2.24) is 26.2 Å². The second-order valence-electron chi connectivity index (χ2n) is 9.53. The number of ether oxygens (including phenoxy) is 1. The van der Waals surface area contributed by atoms with Crippen molar-refractivity contribution < 1.29 is 58.4 Å². The van der Waals surface area contributed by atoms with E-state index in [1.807, 2.05) is 19.2 Å². The number of carboxylic acids is 3.